The molecule has 0 spiro atoms. The number of carbonyl (C=O) groups excluding carboxylic acids is 1. The number of rotatable bonds is 7. The van der Waals surface area contributed by atoms with Crippen molar-refractivity contribution in [3.05, 3.63) is 52.7 Å². The van der Waals surface area contributed by atoms with Crippen LogP contribution in [0.4, 0.5) is 0 Å². The van der Waals surface area contributed by atoms with E-state index in [1.807, 2.05) is 15.0 Å². The van der Waals surface area contributed by atoms with Gasteiger partial charge in [0, 0.05) is 43.8 Å². The fraction of sp³-hybridized carbons (Fsp3) is 0.429. The van der Waals surface area contributed by atoms with Crippen molar-refractivity contribution in [3.63, 3.8) is 0 Å². The van der Waals surface area contributed by atoms with Crippen LogP contribution in [0.2, 0.25) is 0 Å². The molecule has 9 heteroatoms. The van der Waals surface area contributed by atoms with Crippen molar-refractivity contribution in [2.45, 2.75) is 31.5 Å². The van der Waals surface area contributed by atoms with Crippen molar-refractivity contribution in [2.24, 2.45) is 0 Å². The highest BCUT2D eigenvalue weighted by Crippen LogP contribution is 2.22. The molecule has 3 heterocycles. The predicted molar refractivity (Wildman–Crippen MR) is 120 cm³/mol. The lowest BCUT2D eigenvalue weighted by Crippen LogP contribution is -2.48. The quantitative estimate of drug-likeness (QED) is 0.523. The van der Waals surface area contributed by atoms with Gasteiger partial charge in [-0.25, -0.2) is 4.98 Å². The van der Waals surface area contributed by atoms with Crippen molar-refractivity contribution < 1.29 is 4.79 Å². The number of amides is 1. The van der Waals surface area contributed by atoms with Gasteiger partial charge < -0.3 is 4.90 Å². The number of piperazine rings is 1. The molecule has 1 fully saturated rings. The summed E-state index contributed by atoms with van der Waals surface area (Å²) in [5, 5.41) is 11.1. The average molecular weight is 443 g/mol. The van der Waals surface area contributed by atoms with Crippen LogP contribution in [0, 0.1) is 0 Å². The standard InChI is InChI=1S/C21H26N6OS2/c1-16(2)17-3-5-19(6-4-17)27-14-23-24-21(27)30-13-20(28)26-9-7-25(8-10-26)11-18-12-29-15-22-18/h3-6,12,14-16H,7-11,13H2,1-2H3. The van der Waals surface area contributed by atoms with Crippen LogP contribution in [-0.4, -0.2) is 67.4 Å². The third kappa shape index (κ3) is 5.08. The molecule has 0 atom stereocenters. The topological polar surface area (TPSA) is 67.2 Å². The second-order valence-electron chi connectivity index (χ2n) is 7.66. The predicted octanol–water partition coefficient (Wildman–Crippen LogP) is 3.28. The van der Waals surface area contributed by atoms with Gasteiger partial charge in [-0.3, -0.25) is 14.3 Å². The molecule has 0 aliphatic carbocycles. The molecule has 1 aliphatic rings. The Balaban J connectivity index is 1.29. The van der Waals surface area contributed by atoms with Crippen LogP contribution < -0.4 is 0 Å². The minimum Gasteiger partial charge on any atom is -0.339 e. The number of thioether (sulfide) groups is 1. The number of nitrogens with zero attached hydrogens (tertiary/aromatic N) is 6. The summed E-state index contributed by atoms with van der Waals surface area (Å²) in [4.78, 5) is 21.3. The highest BCUT2D eigenvalue weighted by molar-refractivity contribution is 7.99. The van der Waals surface area contributed by atoms with E-state index in [9.17, 15) is 4.79 Å². The first kappa shape index (κ1) is 21.0. The van der Waals surface area contributed by atoms with Crippen LogP contribution in [0.15, 0.2) is 46.6 Å². The molecule has 3 aromatic rings. The normalized spacial score (nSPS) is 15.1. The Labute approximate surface area is 185 Å². The number of thiazole rings is 1. The van der Waals surface area contributed by atoms with Crippen LogP contribution in [0.5, 0.6) is 0 Å². The van der Waals surface area contributed by atoms with Gasteiger partial charge in [-0.2, -0.15) is 0 Å². The summed E-state index contributed by atoms with van der Waals surface area (Å²) in [6, 6.07) is 8.41. The molecule has 158 valence electrons. The molecule has 0 saturated carbocycles. The van der Waals surface area contributed by atoms with Crippen LogP contribution in [0.3, 0.4) is 0 Å². The summed E-state index contributed by atoms with van der Waals surface area (Å²) >= 11 is 3.06. The van der Waals surface area contributed by atoms with E-state index in [1.54, 1.807) is 17.7 Å². The van der Waals surface area contributed by atoms with Crippen LogP contribution >= 0.6 is 23.1 Å². The van der Waals surface area contributed by atoms with Gasteiger partial charge >= 0.3 is 0 Å². The maximum atomic E-state index is 12.7. The zero-order valence-corrected chi connectivity index (χ0v) is 18.9. The van der Waals surface area contributed by atoms with E-state index in [-0.39, 0.29) is 5.91 Å². The largest absolute Gasteiger partial charge is 0.339 e. The molecule has 7 nitrogen and oxygen atoms in total. The van der Waals surface area contributed by atoms with E-state index in [0.717, 1.165) is 49.3 Å². The first-order valence-electron chi connectivity index (χ1n) is 10.1. The fourth-order valence-corrected chi connectivity index (χ4v) is 4.82. The molecule has 0 N–H and O–H groups in total. The summed E-state index contributed by atoms with van der Waals surface area (Å²) in [5.74, 6) is 1.01. The molecule has 0 radical (unpaired) electrons. The Kier molecular flexibility index (Phi) is 6.81. The highest BCUT2D eigenvalue weighted by atomic mass is 32.2. The number of hydrogen-bond donors (Lipinski definition) is 0. The van der Waals surface area contributed by atoms with Crippen LogP contribution in [0.25, 0.3) is 5.69 Å². The van der Waals surface area contributed by atoms with Crippen molar-refractivity contribution in [2.75, 3.05) is 31.9 Å². The third-order valence-corrected chi connectivity index (χ3v) is 6.84. The van der Waals surface area contributed by atoms with Gasteiger partial charge in [0.1, 0.15) is 6.33 Å². The number of hydrogen-bond acceptors (Lipinski definition) is 7. The van der Waals surface area contributed by atoms with E-state index >= 15 is 0 Å². The molecular weight excluding hydrogens is 416 g/mol. The minimum absolute atomic E-state index is 0.151. The third-order valence-electron chi connectivity index (χ3n) is 5.27. The second-order valence-corrected chi connectivity index (χ2v) is 9.32. The summed E-state index contributed by atoms with van der Waals surface area (Å²) < 4.78 is 1.94. The maximum Gasteiger partial charge on any atom is 0.233 e. The zero-order chi connectivity index (χ0) is 20.9. The summed E-state index contributed by atoms with van der Waals surface area (Å²) in [5.41, 5.74) is 5.28. The van der Waals surface area contributed by atoms with E-state index < -0.39 is 0 Å². The zero-order valence-electron chi connectivity index (χ0n) is 17.3. The fourth-order valence-electron chi connectivity index (χ4n) is 3.44. The number of benzene rings is 1. The molecule has 30 heavy (non-hydrogen) atoms. The molecule has 2 aromatic heterocycles. The molecule has 1 amide bonds. The monoisotopic (exact) mass is 442 g/mol. The first-order valence-corrected chi connectivity index (χ1v) is 12.0. The molecule has 1 aliphatic heterocycles. The van der Waals surface area contributed by atoms with Crippen LogP contribution in [0.1, 0.15) is 31.0 Å². The van der Waals surface area contributed by atoms with Gasteiger partial charge in [0.05, 0.1) is 17.0 Å². The molecule has 4 rings (SSSR count). The Morgan fingerprint density at radius 3 is 2.60 bits per heavy atom. The molecular formula is C21H26N6OS2. The summed E-state index contributed by atoms with van der Waals surface area (Å²) in [7, 11) is 0. The summed E-state index contributed by atoms with van der Waals surface area (Å²) in [6.45, 7) is 8.50. The van der Waals surface area contributed by atoms with Crippen molar-refractivity contribution in [3.8, 4) is 5.69 Å². The van der Waals surface area contributed by atoms with E-state index in [0.29, 0.717) is 11.7 Å². The van der Waals surface area contributed by atoms with Gasteiger partial charge in [0.15, 0.2) is 5.16 Å². The van der Waals surface area contributed by atoms with Crippen molar-refractivity contribution >= 4 is 29.0 Å². The average Bonchev–Trinajstić information content (AvgIpc) is 3.44. The number of aromatic nitrogens is 4. The van der Waals surface area contributed by atoms with Gasteiger partial charge in [-0.15, -0.1) is 21.5 Å². The van der Waals surface area contributed by atoms with Gasteiger partial charge in [0.25, 0.3) is 0 Å². The minimum atomic E-state index is 0.151. The molecule has 0 unspecified atom stereocenters. The van der Waals surface area contributed by atoms with Crippen LogP contribution in [-0.2, 0) is 11.3 Å². The van der Waals surface area contributed by atoms with E-state index in [2.05, 4.69) is 63.6 Å². The lowest BCUT2D eigenvalue weighted by Gasteiger charge is -2.34. The van der Waals surface area contributed by atoms with Crippen molar-refractivity contribution in [1.82, 2.24) is 29.5 Å². The van der Waals surface area contributed by atoms with E-state index in [4.69, 9.17) is 0 Å². The maximum absolute atomic E-state index is 12.7. The Hall–Kier alpha value is -2.23. The van der Waals surface area contributed by atoms with Gasteiger partial charge in [0.2, 0.25) is 5.91 Å². The molecule has 1 aromatic carbocycles. The van der Waals surface area contributed by atoms with Gasteiger partial charge in [-0.05, 0) is 23.6 Å². The molecule has 1 saturated heterocycles. The SMILES string of the molecule is CC(C)c1ccc(-n2cnnc2SCC(=O)N2CCN(Cc3cscn3)CC2)cc1. The lowest BCUT2D eigenvalue weighted by molar-refractivity contribution is -0.130. The first-order chi connectivity index (χ1) is 14.6. The Morgan fingerprint density at radius 2 is 1.93 bits per heavy atom. The second kappa shape index (κ2) is 9.72. The smallest absolute Gasteiger partial charge is 0.233 e. The van der Waals surface area contributed by atoms with E-state index in [1.165, 1.54) is 17.3 Å². The Bertz CT molecular complexity index is 946. The summed E-state index contributed by atoms with van der Waals surface area (Å²) in [6.07, 6.45) is 1.70. The Morgan fingerprint density at radius 1 is 1.17 bits per heavy atom. The van der Waals surface area contributed by atoms with Crippen molar-refractivity contribution in [1.29, 1.82) is 0 Å². The highest BCUT2D eigenvalue weighted by Gasteiger charge is 2.22. The number of carbonyl (C=O) groups is 1. The lowest BCUT2D eigenvalue weighted by atomic mass is 10.0. The van der Waals surface area contributed by atoms with Gasteiger partial charge in [-0.1, -0.05) is 37.7 Å². The molecule has 0 bridgehead atoms.